The quantitative estimate of drug-likeness (QED) is 0.555. The molecule has 1 saturated heterocycles. The molecular weight excluding hydrogens is 422 g/mol. The topological polar surface area (TPSA) is 109 Å². The third-order valence-electron chi connectivity index (χ3n) is 5.47. The van der Waals surface area contributed by atoms with E-state index in [-0.39, 0.29) is 11.3 Å². The Morgan fingerprint density at radius 2 is 2.06 bits per heavy atom. The molecule has 0 radical (unpaired) electrons. The predicted octanol–water partition coefficient (Wildman–Crippen LogP) is 3.22. The van der Waals surface area contributed by atoms with E-state index in [2.05, 4.69) is 20.5 Å². The summed E-state index contributed by atoms with van der Waals surface area (Å²) in [5, 5.41) is 14.1. The van der Waals surface area contributed by atoms with Crippen molar-refractivity contribution < 1.29 is 19.0 Å². The molecule has 33 heavy (non-hydrogen) atoms. The lowest BCUT2D eigenvalue weighted by Gasteiger charge is -2.31. The summed E-state index contributed by atoms with van der Waals surface area (Å²) in [5.41, 5.74) is 2.87. The van der Waals surface area contributed by atoms with Crippen molar-refractivity contribution >= 4 is 28.7 Å². The van der Waals surface area contributed by atoms with Crippen LogP contribution in [0.4, 0.5) is 17.1 Å². The zero-order valence-electron chi connectivity index (χ0n) is 19.1. The number of methoxy groups -OCH3 is 1. The van der Waals surface area contributed by atoms with Gasteiger partial charge in [-0.2, -0.15) is 0 Å². The Morgan fingerprint density at radius 3 is 2.82 bits per heavy atom. The molecule has 3 heterocycles. The van der Waals surface area contributed by atoms with E-state index in [4.69, 9.17) is 19.6 Å². The normalized spacial score (nSPS) is 16.8. The van der Waals surface area contributed by atoms with Gasteiger partial charge in [0.1, 0.15) is 17.1 Å². The van der Waals surface area contributed by atoms with E-state index in [0.717, 1.165) is 42.2 Å². The van der Waals surface area contributed by atoms with Gasteiger partial charge in [-0.3, -0.25) is 10.2 Å². The summed E-state index contributed by atoms with van der Waals surface area (Å²) in [6.45, 7) is 6.79. The minimum Gasteiger partial charge on any atom is -0.487 e. The van der Waals surface area contributed by atoms with Crippen molar-refractivity contribution in [2.75, 3.05) is 48.9 Å². The lowest BCUT2D eigenvalue weighted by molar-refractivity contribution is -0.110. The largest absolute Gasteiger partial charge is 0.487 e. The van der Waals surface area contributed by atoms with E-state index >= 15 is 0 Å². The molecule has 0 saturated carbocycles. The zero-order valence-corrected chi connectivity index (χ0v) is 19.1. The Morgan fingerprint density at radius 1 is 1.27 bits per heavy atom. The number of fused-ring (bicyclic) bond motifs is 1. The number of carbonyl (C=O) groups is 1. The van der Waals surface area contributed by atoms with Gasteiger partial charge >= 0.3 is 0 Å². The second-order valence-electron chi connectivity index (χ2n) is 8.55. The Balaban J connectivity index is 1.48. The van der Waals surface area contributed by atoms with E-state index in [0.29, 0.717) is 24.8 Å². The third kappa shape index (κ3) is 5.43. The molecule has 0 bridgehead atoms. The summed E-state index contributed by atoms with van der Waals surface area (Å²) in [6.07, 6.45) is 5.32. The highest BCUT2D eigenvalue weighted by atomic mass is 16.5. The smallest absolute Gasteiger partial charge is 0.273 e. The lowest BCUT2D eigenvalue weighted by atomic mass is 10.0. The van der Waals surface area contributed by atoms with Crippen molar-refractivity contribution in [3.63, 3.8) is 0 Å². The van der Waals surface area contributed by atoms with E-state index in [1.807, 2.05) is 26.0 Å². The van der Waals surface area contributed by atoms with E-state index in [1.54, 1.807) is 31.6 Å². The summed E-state index contributed by atoms with van der Waals surface area (Å²) < 4.78 is 16.7. The molecule has 0 atom stereocenters. The molecule has 4 rings (SSSR count). The van der Waals surface area contributed by atoms with Crippen LogP contribution in [0.2, 0.25) is 0 Å². The Bertz CT molecular complexity index is 1080. The number of hydrogen-bond acceptors (Lipinski definition) is 8. The molecule has 0 spiro atoms. The molecule has 2 aliphatic rings. The molecule has 1 aromatic heterocycles. The van der Waals surface area contributed by atoms with Crippen LogP contribution < -0.4 is 25.0 Å². The van der Waals surface area contributed by atoms with Gasteiger partial charge in [0.2, 0.25) is 5.88 Å². The Labute approximate surface area is 193 Å². The maximum Gasteiger partial charge on any atom is 0.273 e. The maximum absolute atomic E-state index is 12.8. The second-order valence-corrected chi connectivity index (χ2v) is 8.55. The zero-order chi connectivity index (χ0) is 23.4. The molecule has 174 valence electrons. The van der Waals surface area contributed by atoms with Crippen LogP contribution in [0, 0.1) is 5.41 Å². The summed E-state index contributed by atoms with van der Waals surface area (Å²) >= 11 is 0. The number of carbonyl (C=O) groups excluding carboxylic acids is 1. The van der Waals surface area contributed by atoms with Crippen LogP contribution in [0.3, 0.4) is 0 Å². The lowest BCUT2D eigenvalue weighted by Crippen LogP contribution is -2.37. The van der Waals surface area contributed by atoms with Gasteiger partial charge in [-0.05, 0) is 32.1 Å². The minimum absolute atomic E-state index is 0.173. The average molecular weight is 452 g/mol. The minimum atomic E-state index is -0.493. The van der Waals surface area contributed by atoms with Gasteiger partial charge in [-0.15, -0.1) is 0 Å². The number of anilines is 3. The highest BCUT2D eigenvalue weighted by Crippen LogP contribution is 2.41. The van der Waals surface area contributed by atoms with Crippen LogP contribution >= 0.6 is 0 Å². The first-order valence-electron chi connectivity index (χ1n) is 10.9. The standard InChI is InChI=1S/C24H29N5O4/c1-24(2)15-16-12-19(20(14-21(16)33-24)29-8-10-32-11-9-29)28-23(30)18(25)5-7-26-17-4-6-27-22(13-17)31-3/h4-7,12-14,25H,8-11,15H2,1-3H3,(H,26,27)(H,28,30)/b7-5-,25-18?. The molecule has 0 unspecified atom stereocenters. The van der Waals surface area contributed by atoms with Gasteiger partial charge in [0, 0.05) is 55.3 Å². The van der Waals surface area contributed by atoms with Gasteiger partial charge in [0.25, 0.3) is 5.91 Å². The first kappa shape index (κ1) is 22.6. The monoisotopic (exact) mass is 451 g/mol. The number of hydrogen-bond donors (Lipinski definition) is 3. The van der Waals surface area contributed by atoms with Crippen molar-refractivity contribution in [2.24, 2.45) is 0 Å². The second kappa shape index (κ2) is 9.50. The molecule has 9 heteroatoms. The van der Waals surface area contributed by atoms with Crippen LogP contribution in [0.15, 0.2) is 42.7 Å². The highest BCUT2D eigenvalue weighted by Gasteiger charge is 2.32. The van der Waals surface area contributed by atoms with Crippen LogP contribution in [-0.4, -0.2) is 55.6 Å². The molecule has 2 aromatic rings. The molecular formula is C24H29N5O4. The van der Waals surface area contributed by atoms with Crippen LogP contribution in [-0.2, 0) is 16.0 Å². The van der Waals surface area contributed by atoms with Gasteiger partial charge in [0.05, 0.1) is 31.7 Å². The first-order chi connectivity index (χ1) is 15.8. The molecule has 0 aliphatic carbocycles. The predicted molar refractivity (Wildman–Crippen MR) is 128 cm³/mol. The first-order valence-corrected chi connectivity index (χ1v) is 10.9. The SMILES string of the molecule is COc1cc(N/C=C\C(=N)C(=O)Nc2cc3c(cc2N2CCOCC2)OC(C)(C)C3)ccn1. The van der Waals surface area contributed by atoms with Crippen molar-refractivity contribution in [3.05, 3.63) is 48.3 Å². The number of rotatable bonds is 7. The van der Waals surface area contributed by atoms with Gasteiger partial charge in [-0.1, -0.05) is 0 Å². The summed E-state index contributed by atoms with van der Waals surface area (Å²) in [5.74, 6) is 0.820. The highest BCUT2D eigenvalue weighted by molar-refractivity contribution is 6.46. The fourth-order valence-corrected chi connectivity index (χ4v) is 3.90. The number of amides is 1. The number of aromatic nitrogens is 1. The molecule has 1 fully saturated rings. The average Bonchev–Trinajstić information content (AvgIpc) is 3.11. The fraction of sp³-hybridized carbons (Fsp3) is 0.375. The van der Waals surface area contributed by atoms with Gasteiger partial charge in [-0.25, -0.2) is 4.98 Å². The Hall–Kier alpha value is -3.59. The summed E-state index contributed by atoms with van der Waals surface area (Å²) in [7, 11) is 1.54. The molecule has 3 N–H and O–H groups in total. The number of nitrogens with one attached hydrogen (secondary N) is 3. The number of ether oxygens (including phenoxy) is 3. The molecule has 2 aliphatic heterocycles. The van der Waals surface area contributed by atoms with Gasteiger partial charge < -0.3 is 29.7 Å². The van der Waals surface area contributed by atoms with Crippen molar-refractivity contribution in [1.29, 1.82) is 5.41 Å². The van der Waals surface area contributed by atoms with E-state index < -0.39 is 5.91 Å². The Kier molecular flexibility index (Phi) is 6.50. The maximum atomic E-state index is 12.8. The molecule has 1 aromatic carbocycles. The third-order valence-corrected chi connectivity index (χ3v) is 5.47. The van der Waals surface area contributed by atoms with Gasteiger partial charge in [0.15, 0.2) is 0 Å². The number of benzene rings is 1. The summed E-state index contributed by atoms with van der Waals surface area (Å²) in [4.78, 5) is 19.0. The van der Waals surface area contributed by atoms with Crippen LogP contribution in [0.5, 0.6) is 11.6 Å². The van der Waals surface area contributed by atoms with Crippen molar-refractivity contribution in [2.45, 2.75) is 25.9 Å². The van der Waals surface area contributed by atoms with E-state index in [1.165, 1.54) is 6.08 Å². The van der Waals surface area contributed by atoms with Crippen LogP contribution in [0.25, 0.3) is 0 Å². The number of morpholine rings is 1. The molecule has 9 nitrogen and oxygen atoms in total. The van der Waals surface area contributed by atoms with Crippen LogP contribution in [0.1, 0.15) is 19.4 Å². The fourth-order valence-electron chi connectivity index (χ4n) is 3.90. The van der Waals surface area contributed by atoms with E-state index in [9.17, 15) is 4.79 Å². The number of pyridine rings is 1. The van der Waals surface area contributed by atoms with Crippen molar-refractivity contribution in [1.82, 2.24) is 4.98 Å². The summed E-state index contributed by atoms with van der Waals surface area (Å²) in [6, 6.07) is 7.43. The van der Waals surface area contributed by atoms with Crippen molar-refractivity contribution in [3.8, 4) is 11.6 Å². The number of nitrogens with zero attached hydrogens (tertiary/aromatic N) is 2. The molecule has 1 amide bonds.